The summed E-state index contributed by atoms with van der Waals surface area (Å²) in [7, 11) is 0. The van der Waals surface area contributed by atoms with E-state index in [1.807, 2.05) is 32.9 Å². The number of hydrogen-bond acceptors (Lipinski definition) is 6. The number of ether oxygens (including phenoxy) is 1. The van der Waals surface area contributed by atoms with Crippen molar-refractivity contribution in [1.29, 1.82) is 0 Å². The molecule has 0 bridgehead atoms. The van der Waals surface area contributed by atoms with Crippen LogP contribution in [0.1, 0.15) is 32.2 Å². The first-order valence-corrected chi connectivity index (χ1v) is 10.2. The summed E-state index contributed by atoms with van der Waals surface area (Å²) in [5.41, 5.74) is -0.288. The number of amides is 2. The molecule has 0 radical (unpaired) electrons. The van der Waals surface area contributed by atoms with Crippen molar-refractivity contribution >= 4 is 39.9 Å². The van der Waals surface area contributed by atoms with E-state index < -0.39 is 0 Å². The van der Waals surface area contributed by atoms with Crippen LogP contribution >= 0.6 is 22.9 Å². The molecule has 1 aromatic heterocycles. The van der Waals surface area contributed by atoms with Crippen LogP contribution in [0, 0.1) is 5.92 Å². The summed E-state index contributed by atoms with van der Waals surface area (Å²) >= 11 is 7.35. The van der Waals surface area contributed by atoms with Crippen molar-refractivity contribution < 1.29 is 14.3 Å². The minimum Gasteiger partial charge on any atom is -0.492 e. The normalized spacial score (nSPS) is 17.1. The van der Waals surface area contributed by atoms with Crippen LogP contribution in [-0.4, -0.2) is 45.6 Å². The lowest BCUT2D eigenvalue weighted by Crippen LogP contribution is -2.42. The van der Waals surface area contributed by atoms with E-state index in [0.717, 1.165) is 5.01 Å². The van der Waals surface area contributed by atoms with Gasteiger partial charge in [-0.3, -0.25) is 9.59 Å². The zero-order valence-electron chi connectivity index (χ0n) is 16.1. The van der Waals surface area contributed by atoms with E-state index in [0.29, 0.717) is 35.5 Å². The second-order valence-electron chi connectivity index (χ2n) is 7.60. The first-order valence-electron chi connectivity index (χ1n) is 9.05. The van der Waals surface area contributed by atoms with Gasteiger partial charge in [-0.2, -0.15) is 0 Å². The fourth-order valence-corrected chi connectivity index (χ4v) is 3.87. The minimum absolute atomic E-state index is 0.00215. The lowest BCUT2D eigenvalue weighted by atomic mass is 10.1. The molecule has 0 saturated carbocycles. The number of anilines is 1. The van der Waals surface area contributed by atoms with E-state index in [-0.39, 0.29) is 29.7 Å². The highest BCUT2D eigenvalue weighted by Crippen LogP contribution is 2.27. The molecule has 1 atom stereocenters. The summed E-state index contributed by atoms with van der Waals surface area (Å²) in [5, 5.41) is 12.6. The van der Waals surface area contributed by atoms with Gasteiger partial charge in [0.1, 0.15) is 10.8 Å². The number of likely N-dealkylation sites (tertiary alicyclic amines) is 1. The fourth-order valence-electron chi connectivity index (χ4n) is 2.95. The Labute approximate surface area is 173 Å². The van der Waals surface area contributed by atoms with Gasteiger partial charge in [0.25, 0.3) is 0 Å². The summed E-state index contributed by atoms with van der Waals surface area (Å²) in [5.74, 6) is 0.0524. The molecule has 0 aliphatic carbocycles. The van der Waals surface area contributed by atoms with Gasteiger partial charge in [0, 0.05) is 24.9 Å². The van der Waals surface area contributed by atoms with E-state index in [1.165, 1.54) is 11.3 Å². The Bertz CT molecular complexity index is 865. The molecule has 2 amide bonds. The molecule has 28 heavy (non-hydrogen) atoms. The van der Waals surface area contributed by atoms with Gasteiger partial charge in [0.2, 0.25) is 16.9 Å². The topological polar surface area (TPSA) is 84.4 Å². The number of nitrogens with one attached hydrogen (secondary N) is 1. The van der Waals surface area contributed by atoms with Crippen molar-refractivity contribution in [3.8, 4) is 5.75 Å². The standard InChI is InChI=1S/C19H23ClN4O3S/c1-19(2,3)24-11-12(10-16(24)25)17(26)21-18-23-22-15(28-18)8-9-27-14-7-5-4-6-13(14)20/h4-7,12H,8-11H2,1-3H3,(H,21,23,26)/t12-/m0/s1. The summed E-state index contributed by atoms with van der Waals surface area (Å²) in [4.78, 5) is 26.4. The molecule has 9 heteroatoms. The van der Waals surface area contributed by atoms with Crippen LogP contribution in [-0.2, 0) is 16.0 Å². The van der Waals surface area contributed by atoms with Crippen LogP contribution in [0.4, 0.5) is 5.13 Å². The van der Waals surface area contributed by atoms with Gasteiger partial charge in [-0.1, -0.05) is 35.1 Å². The van der Waals surface area contributed by atoms with E-state index >= 15 is 0 Å². The van der Waals surface area contributed by atoms with Crippen molar-refractivity contribution in [2.75, 3.05) is 18.5 Å². The van der Waals surface area contributed by atoms with Gasteiger partial charge >= 0.3 is 0 Å². The number of hydrogen-bond donors (Lipinski definition) is 1. The Morgan fingerprint density at radius 3 is 2.79 bits per heavy atom. The molecule has 1 aliphatic rings. The molecule has 0 unspecified atom stereocenters. The molecule has 1 N–H and O–H groups in total. The number of benzene rings is 1. The summed E-state index contributed by atoms with van der Waals surface area (Å²) in [6, 6.07) is 7.27. The molecule has 1 fully saturated rings. The number of rotatable bonds is 6. The smallest absolute Gasteiger partial charge is 0.231 e. The third kappa shape index (κ3) is 4.99. The maximum absolute atomic E-state index is 12.5. The third-order valence-corrected chi connectivity index (χ3v) is 5.62. The van der Waals surface area contributed by atoms with Crippen LogP contribution in [0.5, 0.6) is 5.75 Å². The molecular formula is C19H23ClN4O3S. The molecule has 7 nitrogen and oxygen atoms in total. The molecule has 0 spiro atoms. The zero-order valence-corrected chi connectivity index (χ0v) is 17.6. The highest BCUT2D eigenvalue weighted by Gasteiger charge is 2.39. The SMILES string of the molecule is CC(C)(C)N1C[C@@H](C(=O)Nc2nnc(CCOc3ccccc3Cl)s2)CC1=O. The number of para-hydroxylation sites is 1. The Balaban J connectivity index is 1.50. The Morgan fingerprint density at radius 2 is 2.11 bits per heavy atom. The molecule has 1 aliphatic heterocycles. The van der Waals surface area contributed by atoms with E-state index in [9.17, 15) is 9.59 Å². The van der Waals surface area contributed by atoms with Crippen LogP contribution in [0.3, 0.4) is 0 Å². The van der Waals surface area contributed by atoms with Crippen molar-refractivity contribution in [1.82, 2.24) is 15.1 Å². The number of aromatic nitrogens is 2. The molecule has 2 aromatic rings. The van der Waals surface area contributed by atoms with Crippen molar-refractivity contribution in [3.63, 3.8) is 0 Å². The first kappa shape index (κ1) is 20.5. The lowest BCUT2D eigenvalue weighted by molar-refractivity contribution is -0.131. The Kier molecular flexibility index (Phi) is 6.20. The lowest BCUT2D eigenvalue weighted by Gasteiger charge is -2.31. The molecule has 3 rings (SSSR count). The van der Waals surface area contributed by atoms with Crippen LogP contribution < -0.4 is 10.1 Å². The average molecular weight is 423 g/mol. The molecule has 1 saturated heterocycles. The highest BCUT2D eigenvalue weighted by molar-refractivity contribution is 7.15. The maximum atomic E-state index is 12.5. The second kappa shape index (κ2) is 8.45. The van der Waals surface area contributed by atoms with Gasteiger partial charge in [0.15, 0.2) is 0 Å². The minimum atomic E-state index is -0.373. The average Bonchev–Trinajstić information content (AvgIpc) is 3.23. The Morgan fingerprint density at radius 1 is 1.36 bits per heavy atom. The first-order chi connectivity index (χ1) is 13.2. The molecule has 150 valence electrons. The van der Waals surface area contributed by atoms with Gasteiger partial charge in [0.05, 0.1) is 17.5 Å². The van der Waals surface area contributed by atoms with E-state index in [4.69, 9.17) is 16.3 Å². The van der Waals surface area contributed by atoms with Crippen LogP contribution in [0.2, 0.25) is 5.02 Å². The van der Waals surface area contributed by atoms with Crippen molar-refractivity contribution in [3.05, 3.63) is 34.3 Å². The number of nitrogens with zero attached hydrogens (tertiary/aromatic N) is 3. The van der Waals surface area contributed by atoms with Gasteiger partial charge in [-0.25, -0.2) is 0 Å². The predicted molar refractivity (Wildman–Crippen MR) is 109 cm³/mol. The summed E-state index contributed by atoms with van der Waals surface area (Å²) in [6.45, 7) is 6.72. The maximum Gasteiger partial charge on any atom is 0.231 e. The largest absolute Gasteiger partial charge is 0.492 e. The monoisotopic (exact) mass is 422 g/mol. The van der Waals surface area contributed by atoms with Crippen molar-refractivity contribution in [2.45, 2.75) is 39.2 Å². The van der Waals surface area contributed by atoms with Gasteiger partial charge in [-0.15, -0.1) is 10.2 Å². The predicted octanol–water partition coefficient (Wildman–Crippen LogP) is 3.40. The summed E-state index contributed by atoms with van der Waals surface area (Å²) < 4.78 is 5.64. The van der Waals surface area contributed by atoms with Crippen LogP contribution in [0.25, 0.3) is 0 Å². The molecule has 2 heterocycles. The summed E-state index contributed by atoms with van der Waals surface area (Å²) in [6.07, 6.45) is 0.777. The molecule has 1 aromatic carbocycles. The quantitative estimate of drug-likeness (QED) is 0.771. The van der Waals surface area contributed by atoms with Gasteiger partial charge in [-0.05, 0) is 32.9 Å². The number of carbonyl (C=O) groups excluding carboxylic acids is 2. The number of carbonyl (C=O) groups is 2. The second-order valence-corrected chi connectivity index (χ2v) is 9.06. The Hall–Kier alpha value is -2.19. The van der Waals surface area contributed by atoms with E-state index in [1.54, 1.807) is 17.0 Å². The fraction of sp³-hybridized carbons (Fsp3) is 0.474. The third-order valence-electron chi connectivity index (χ3n) is 4.41. The zero-order chi connectivity index (χ0) is 20.3. The van der Waals surface area contributed by atoms with E-state index in [2.05, 4.69) is 15.5 Å². The highest BCUT2D eigenvalue weighted by atomic mass is 35.5. The van der Waals surface area contributed by atoms with Gasteiger partial charge < -0.3 is 15.0 Å². The molecular weight excluding hydrogens is 400 g/mol. The van der Waals surface area contributed by atoms with Crippen molar-refractivity contribution in [2.24, 2.45) is 5.92 Å². The number of halogens is 1. The van der Waals surface area contributed by atoms with Crippen LogP contribution in [0.15, 0.2) is 24.3 Å².